The van der Waals surface area contributed by atoms with Gasteiger partial charge in [0.05, 0.1) is 23.4 Å². The Balaban J connectivity index is 2.14. The highest BCUT2D eigenvalue weighted by Crippen LogP contribution is 2.23. The summed E-state index contributed by atoms with van der Waals surface area (Å²) in [7, 11) is 3.25. The van der Waals surface area contributed by atoms with Gasteiger partial charge < -0.3 is 15.4 Å². The molecule has 2 unspecified atom stereocenters. The molecule has 1 fully saturated rings. The molecule has 0 aliphatic heterocycles. The summed E-state index contributed by atoms with van der Waals surface area (Å²) in [6, 6.07) is 4.48. The van der Waals surface area contributed by atoms with Crippen LogP contribution in [0.3, 0.4) is 0 Å². The fourth-order valence-corrected chi connectivity index (χ4v) is 2.59. The second-order valence-corrected chi connectivity index (χ2v) is 4.70. The lowest BCUT2D eigenvalue weighted by molar-refractivity contribution is 0.0722. The van der Waals surface area contributed by atoms with E-state index in [0.717, 1.165) is 19.3 Å². The van der Waals surface area contributed by atoms with E-state index in [9.17, 15) is 9.18 Å². The van der Waals surface area contributed by atoms with Gasteiger partial charge in [-0.3, -0.25) is 4.79 Å². The van der Waals surface area contributed by atoms with Crippen LogP contribution >= 0.6 is 0 Å². The van der Waals surface area contributed by atoms with Gasteiger partial charge in [0.15, 0.2) is 0 Å². The fraction of sp³-hybridized carbons (Fsp3) is 0.500. The number of carbonyl (C=O) groups is 1. The molecule has 1 aromatic carbocycles. The number of carbonyl (C=O) groups excluding carboxylic acids is 1. The van der Waals surface area contributed by atoms with Gasteiger partial charge in [0.25, 0.3) is 5.91 Å². The molecule has 1 saturated carbocycles. The molecule has 1 amide bonds. The quantitative estimate of drug-likeness (QED) is 0.878. The van der Waals surface area contributed by atoms with E-state index < -0.39 is 5.82 Å². The number of anilines is 1. The Labute approximate surface area is 112 Å². The minimum Gasteiger partial charge on any atom is -0.385 e. The van der Waals surface area contributed by atoms with Crippen LogP contribution in [0.15, 0.2) is 18.2 Å². The van der Waals surface area contributed by atoms with Gasteiger partial charge >= 0.3 is 0 Å². The predicted octanol–water partition coefficient (Wildman–Crippen LogP) is 2.16. The SMILES string of the molecule is CNc1c(F)cccc1C(=O)NC1CCCC1OC. The molecular formula is C14H19FN2O2. The van der Waals surface area contributed by atoms with Crippen LogP contribution in [0.5, 0.6) is 0 Å². The van der Waals surface area contributed by atoms with E-state index in [-0.39, 0.29) is 23.7 Å². The molecular weight excluding hydrogens is 247 g/mol. The zero-order valence-electron chi connectivity index (χ0n) is 11.2. The van der Waals surface area contributed by atoms with Gasteiger partial charge in [-0.2, -0.15) is 0 Å². The van der Waals surface area contributed by atoms with Gasteiger partial charge in [-0.15, -0.1) is 0 Å². The molecule has 1 aliphatic rings. The van der Waals surface area contributed by atoms with Crippen molar-refractivity contribution in [2.24, 2.45) is 0 Å². The van der Waals surface area contributed by atoms with Gasteiger partial charge in [-0.1, -0.05) is 6.07 Å². The molecule has 0 bridgehead atoms. The summed E-state index contributed by atoms with van der Waals surface area (Å²) in [4.78, 5) is 12.2. The van der Waals surface area contributed by atoms with Crippen LogP contribution < -0.4 is 10.6 Å². The molecule has 19 heavy (non-hydrogen) atoms. The Bertz CT molecular complexity index is 465. The lowest BCUT2D eigenvalue weighted by Gasteiger charge is -2.20. The first-order valence-corrected chi connectivity index (χ1v) is 6.47. The predicted molar refractivity (Wildman–Crippen MR) is 71.8 cm³/mol. The van der Waals surface area contributed by atoms with E-state index in [2.05, 4.69) is 10.6 Å². The highest BCUT2D eigenvalue weighted by molar-refractivity contribution is 5.99. The van der Waals surface area contributed by atoms with Crippen LogP contribution in [0.25, 0.3) is 0 Å². The summed E-state index contributed by atoms with van der Waals surface area (Å²) in [6.45, 7) is 0. The van der Waals surface area contributed by atoms with Crippen molar-refractivity contribution in [2.75, 3.05) is 19.5 Å². The van der Waals surface area contributed by atoms with Crippen LogP contribution in [0.1, 0.15) is 29.6 Å². The minimum atomic E-state index is -0.426. The summed E-state index contributed by atoms with van der Waals surface area (Å²) in [6.07, 6.45) is 2.93. The number of halogens is 1. The summed E-state index contributed by atoms with van der Waals surface area (Å²) in [5.41, 5.74) is 0.552. The third-order valence-electron chi connectivity index (χ3n) is 3.58. The minimum absolute atomic E-state index is 0.00507. The molecule has 5 heteroatoms. The molecule has 0 aromatic heterocycles. The number of ether oxygens (including phenoxy) is 1. The van der Waals surface area contributed by atoms with Crippen molar-refractivity contribution in [3.63, 3.8) is 0 Å². The number of hydrogen-bond acceptors (Lipinski definition) is 3. The molecule has 0 heterocycles. The molecule has 2 atom stereocenters. The van der Waals surface area contributed by atoms with Crippen LogP contribution in [-0.4, -0.2) is 32.2 Å². The number of methoxy groups -OCH3 is 1. The van der Waals surface area contributed by atoms with E-state index in [1.165, 1.54) is 12.1 Å². The van der Waals surface area contributed by atoms with E-state index >= 15 is 0 Å². The van der Waals surface area contributed by atoms with E-state index in [1.807, 2.05) is 0 Å². The molecule has 2 rings (SSSR count). The van der Waals surface area contributed by atoms with Gasteiger partial charge in [0, 0.05) is 14.2 Å². The molecule has 0 radical (unpaired) electrons. The molecule has 1 aliphatic carbocycles. The normalized spacial score (nSPS) is 22.3. The summed E-state index contributed by atoms with van der Waals surface area (Å²) < 4.78 is 18.9. The zero-order chi connectivity index (χ0) is 13.8. The highest BCUT2D eigenvalue weighted by atomic mass is 19.1. The van der Waals surface area contributed by atoms with Crippen LogP contribution in [0, 0.1) is 5.82 Å². The first-order chi connectivity index (χ1) is 9.17. The Morgan fingerprint density at radius 3 is 2.89 bits per heavy atom. The topological polar surface area (TPSA) is 50.4 Å². The third kappa shape index (κ3) is 2.87. The van der Waals surface area contributed by atoms with Crippen LogP contribution in [-0.2, 0) is 4.74 Å². The average molecular weight is 266 g/mol. The molecule has 2 N–H and O–H groups in total. The van der Waals surface area contributed by atoms with Crippen molar-refractivity contribution in [1.82, 2.24) is 5.32 Å². The van der Waals surface area contributed by atoms with Crippen LogP contribution in [0.2, 0.25) is 0 Å². The van der Waals surface area contributed by atoms with Crippen molar-refractivity contribution < 1.29 is 13.9 Å². The second kappa shape index (κ2) is 6.02. The molecule has 104 valence electrons. The summed E-state index contributed by atoms with van der Waals surface area (Å²) in [5.74, 6) is -0.692. The Morgan fingerprint density at radius 1 is 1.42 bits per heavy atom. The number of para-hydroxylation sites is 1. The van der Waals surface area contributed by atoms with Crippen molar-refractivity contribution in [2.45, 2.75) is 31.4 Å². The number of benzene rings is 1. The number of hydrogen-bond donors (Lipinski definition) is 2. The summed E-state index contributed by atoms with van der Waals surface area (Å²) >= 11 is 0. The van der Waals surface area contributed by atoms with E-state index in [4.69, 9.17) is 4.74 Å². The van der Waals surface area contributed by atoms with Crippen LogP contribution in [0.4, 0.5) is 10.1 Å². The maximum absolute atomic E-state index is 13.6. The van der Waals surface area contributed by atoms with Gasteiger partial charge in [-0.25, -0.2) is 4.39 Å². The lowest BCUT2D eigenvalue weighted by atomic mass is 10.1. The first kappa shape index (κ1) is 13.8. The second-order valence-electron chi connectivity index (χ2n) is 4.70. The van der Waals surface area contributed by atoms with Crippen molar-refractivity contribution in [3.8, 4) is 0 Å². The Morgan fingerprint density at radius 2 is 2.21 bits per heavy atom. The summed E-state index contributed by atoms with van der Waals surface area (Å²) in [5, 5.41) is 5.66. The molecule has 4 nitrogen and oxygen atoms in total. The van der Waals surface area contributed by atoms with Crippen molar-refractivity contribution >= 4 is 11.6 Å². The number of amides is 1. The van der Waals surface area contributed by atoms with E-state index in [1.54, 1.807) is 20.2 Å². The van der Waals surface area contributed by atoms with Gasteiger partial charge in [0.2, 0.25) is 0 Å². The lowest BCUT2D eigenvalue weighted by Crippen LogP contribution is -2.40. The maximum atomic E-state index is 13.6. The van der Waals surface area contributed by atoms with Crippen molar-refractivity contribution in [3.05, 3.63) is 29.6 Å². The average Bonchev–Trinajstić information content (AvgIpc) is 2.85. The van der Waals surface area contributed by atoms with Gasteiger partial charge in [0.1, 0.15) is 5.82 Å². The fourth-order valence-electron chi connectivity index (χ4n) is 2.59. The van der Waals surface area contributed by atoms with Gasteiger partial charge in [-0.05, 0) is 31.4 Å². The Hall–Kier alpha value is -1.62. The van der Waals surface area contributed by atoms with Crippen molar-refractivity contribution in [1.29, 1.82) is 0 Å². The maximum Gasteiger partial charge on any atom is 0.253 e. The Kier molecular flexibility index (Phi) is 4.37. The monoisotopic (exact) mass is 266 g/mol. The molecule has 1 aromatic rings. The first-order valence-electron chi connectivity index (χ1n) is 6.47. The zero-order valence-corrected chi connectivity index (χ0v) is 11.2. The largest absolute Gasteiger partial charge is 0.385 e. The number of rotatable bonds is 4. The smallest absolute Gasteiger partial charge is 0.253 e. The number of nitrogens with one attached hydrogen (secondary N) is 2. The molecule has 0 spiro atoms. The van der Waals surface area contributed by atoms with E-state index in [0.29, 0.717) is 5.56 Å². The molecule has 0 saturated heterocycles. The third-order valence-corrected chi connectivity index (χ3v) is 3.58. The standard InChI is InChI=1S/C14H19FN2O2/c1-16-13-9(5-3-6-10(13)15)14(18)17-11-7-4-8-12(11)19-2/h3,5-6,11-12,16H,4,7-8H2,1-2H3,(H,17,18). The highest BCUT2D eigenvalue weighted by Gasteiger charge is 2.29.